The van der Waals surface area contributed by atoms with E-state index in [1.165, 1.54) is 38.2 Å². The van der Waals surface area contributed by atoms with Gasteiger partial charge in [0.2, 0.25) is 0 Å². The highest BCUT2D eigenvalue weighted by Gasteiger charge is 2.20. The quantitative estimate of drug-likeness (QED) is 0.806. The molecule has 0 unspecified atom stereocenters. The molecule has 2 N–H and O–H groups in total. The Bertz CT molecular complexity index is 422. The lowest BCUT2D eigenvalue weighted by molar-refractivity contribution is 0.182. The van der Waals surface area contributed by atoms with Gasteiger partial charge in [-0.05, 0) is 31.4 Å². The van der Waals surface area contributed by atoms with E-state index in [1.807, 2.05) is 7.05 Å². The highest BCUT2D eigenvalue weighted by atomic mass is 19.1. The second-order valence-corrected chi connectivity index (χ2v) is 5.43. The summed E-state index contributed by atoms with van der Waals surface area (Å²) < 4.78 is 13.9. The SMILES string of the molecule is CN(Cc1ccc(B(O)O)cc1F)C1CCCCC1. The smallest absolute Gasteiger partial charge is 0.423 e. The van der Waals surface area contributed by atoms with Crippen LogP contribution in [0.1, 0.15) is 37.7 Å². The Morgan fingerprint density at radius 2 is 1.95 bits per heavy atom. The normalized spacial score (nSPS) is 16.9. The van der Waals surface area contributed by atoms with Crippen molar-refractivity contribution < 1.29 is 14.4 Å². The molecule has 0 atom stereocenters. The molecule has 0 radical (unpaired) electrons. The van der Waals surface area contributed by atoms with Crippen molar-refractivity contribution in [1.82, 2.24) is 4.90 Å². The van der Waals surface area contributed by atoms with E-state index in [0.29, 0.717) is 18.2 Å². The third-order valence-electron chi connectivity index (χ3n) is 3.99. The molecule has 5 heteroatoms. The number of nitrogens with zero attached hydrogens (tertiary/aromatic N) is 1. The minimum Gasteiger partial charge on any atom is -0.423 e. The molecular weight excluding hydrogens is 244 g/mol. The number of hydrogen-bond acceptors (Lipinski definition) is 3. The lowest BCUT2D eigenvalue weighted by Gasteiger charge is -2.31. The zero-order chi connectivity index (χ0) is 13.8. The zero-order valence-electron chi connectivity index (χ0n) is 11.3. The lowest BCUT2D eigenvalue weighted by Crippen LogP contribution is -2.34. The third-order valence-corrected chi connectivity index (χ3v) is 3.99. The van der Waals surface area contributed by atoms with Crippen molar-refractivity contribution in [2.45, 2.75) is 44.7 Å². The topological polar surface area (TPSA) is 43.7 Å². The Kier molecular flexibility index (Phi) is 4.96. The van der Waals surface area contributed by atoms with Crippen LogP contribution in [0.25, 0.3) is 0 Å². The van der Waals surface area contributed by atoms with Gasteiger partial charge in [-0.1, -0.05) is 31.4 Å². The number of hydrogen-bond donors (Lipinski definition) is 2. The molecule has 2 rings (SSSR count). The second kappa shape index (κ2) is 6.50. The standard InChI is InChI=1S/C14H21BFNO2/c1-17(13-5-3-2-4-6-13)10-11-7-8-12(15(18)19)9-14(11)16/h7-9,13,18-19H,2-6,10H2,1H3. The van der Waals surface area contributed by atoms with Crippen molar-refractivity contribution in [3.63, 3.8) is 0 Å². The van der Waals surface area contributed by atoms with Crippen LogP contribution in [0.3, 0.4) is 0 Å². The van der Waals surface area contributed by atoms with Crippen LogP contribution in [0.4, 0.5) is 4.39 Å². The maximum atomic E-state index is 13.9. The highest BCUT2D eigenvalue weighted by molar-refractivity contribution is 6.58. The van der Waals surface area contributed by atoms with Gasteiger partial charge in [-0.3, -0.25) is 4.90 Å². The van der Waals surface area contributed by atoms with Crippen LogP contribution in [-0.2, 0) is 6.54 Å². The monoisotopic (exact) mass is 265 g/mol. The molecule has 1 aromatic carbocycles. The molecule has 0 bridgehead atoms. The van der Waals surface area contributed by atoms with Gasteiger partial charge in [0.25, 0.3) is 0 Å². The molecule has 104 valence electrons. The molecule has 1 saturated carbocycles. The molecule has 0 spiro atoms. The van der Waals surface area contributed by atoms with E-state index >= 15 is 0 Å². The maximum Gasteiger partial charge on any atom is 0.488 e. The van der Waals surface area contributed by atoms with Gasteiger partial charge in [0.05, 0.1) is 0 Å². The average molecular weight is 265 g/mol. The van der Waals surface area contributed by atoms with Crippen LogP contribution in [0.5, 0.6) is 0 Å². The fraction of sp³-hybridized carbons (Fsp3) is 0.571. The lowest BCUT2D eigenvalue weighted by atomic mass is 9.80. The second-order valence-electron chi connectivity index (χ2n) is 5.43. The summed E-state index contributed by atoms with van der Waals surface area (Å²) in [5, 5.41) is 18.0. The highest BCUT2D eigenvalue weighted by Crippen LogP contribution is 2.23. The van der Waals surface area contributed by atoms with E-state index in [2.05, 4.69) is 4.90 Å². The van der Waals surface area contributed by atoms with E-state index in [9.17, 15) is 4.39 Å². The minimum atomic E-state index is -1.61. The van der Waals surface area contributed by atoms with E-state index in [1.54, 1.807) is 12.1 Å². The summed E-state index contributed by atoms with van der Waals surface area (Å²) in [6.45, 7) is 0.568. The van der Waals surface area contributed by atoms with Gasteiger partial charge in [0, 0.05) is 18.2 Å². The molecule has 0 saturated heterocycles. The molecule has 0 heterocycles. The number of rotatable bonds is 4. The van der Waals surface area contributed by atoms with E-state index < -0.39 is 7.12 Å². The van der Waals surface area contributed by atoms with Crippen LogP contribution in [0.2, 0.25) is 0 Å². The Morgan fingerprint density at radius 1 is 1.26 bits per heavy atom. The Balaban J connectivity index is 2.01. The molecule has 3 nitrogen and oxygen atoms in total. The molecule has 1 aliphatic rings. The van der Waals surface area contributed by atoms with Gasteiger partial charge >= 0.3 is 7.12 Å². The van der Waals surface area contributed by atoms with Gasteiger partial charge in [0.15, 0.2) is 0 Å². The van der Waals surface area contributed by atoms with E-state index in [-0.39, 0.29) is 11.3 Å². The van der Waals surface area contributed by atoms with Crippen LogP contribution in [0, 0.1) is 5.82 Å². The van der Waals surface area contributed by atoms with Gasteiger partial charge in [-0.2, -0.15) is 0 Å². The fourth-order valence-corrected chi connectivity index (χ4v) is 2.77. The van der Waals surface area contributed by atoms with Crippen LogP contribution < -0.4 is 5.46 Å². The van der Waals surface area contributed by atoms with E-state index in [4.69, 9.17) is 10.0 Å². The summed E-state index contributed by atoms with van der Waals surface area (Å²) in [7, 11) is 0.421. The third kappa shape index (κ3) is 3.78. The summed E-state index contributed by atoms with van der Waals surface area (Å²) in [5.74, 6) is -0.367. The van der Waals surface area contributed by atoms with Crippen molar-refractivity contribution in [1.29, 1.82) is 0 Å². The number of halogens is 1. The van der Waals surface area contributed by atoms with Gasteiger partial charge in [0.1, 0.15) is 5.82 Å². The Morgan fingerprint density at radius 3 is 2.53 bits per heavy atom. The summed E-state index contributed by atoms with van der Waals surface area (Å²) in [6, 6.07) is 4.95. The van der Waals surface area contributed by atoms with Crippen molar-refractivity contribution in [2.24, 2.45) is 0 Å². The molecule has 0 amide bonds. The molecule has 1 aliphatic carbocycles. The molecule has 0 aliphatic heterocycles. The first-order valence-electron chi connectivity index (χ1n) is 6.92. The van der Waals surface area contributed by atoms with Crippen molar-refractivity contribution in [3.05, 3.63) is 29.6 Å². The van der Waals surface area contributed by atoms with Crippen molar-refractivity contribution in [2.75, 3.05) is 7.05 Å². The van der Waals surface area contributed by atoms with Crippen molar-refractivity contribution in [3.8, 4) is 0 Å². The minimum absolute atomic E-state index is 0.196. The maximum absolute atomic E-state index is 13.9. The summed E-state index contributed by atoms with van der Waals surface area (Å²) >= 11 is 0. The first-order valence-corrected chi connectivity index (χ1v) is 6.92. The molecule has 1 fully saturated rings. The fourth-order valence-electron chi connectivity index (χ4n) is 2.77. The van der Waals surface area contributed by atoms with Crippen LogP contribution in [0.15, 0.2) is 18.2 Å². The van der Waals surface area contributed by atoms with Gasteiger partial charge < -0.3 is 10.0 Å². The predicted octanol–water partition coefficient (Wildman–Crippen LogP) is 1.27. The van der Waals surface area contributed by atoms with Gasteiger partial charge in [-0.25, -0.2) is 4.39 Å². The Hall–Kier alpha value is -0.905. The molecule has 0 aromatic heterocycles. The first-order chi connectivity index (χ1) is 9.08. The Labute approximate surface area is 114 Å². The number of benzene rings is 1. The first kappa shape index (κ1) is 14.5. The van der Waals surface area contributed by atoms with Crippen molar-refractivity contribution >= 4 is 12.6 Å². The van der Waals surface area contributed by atoms with Gasteiger partial charge in [-0.15, -0.1) is 0 Å². The summed E-state index contributed by atoms with van der Waals surface area (Å²) in [4.78, 5) is 2.20. The summed E-state index contributed by atoms with van der Waals surface area (Å²) in [6.07, 6.45) is 6.19. The zero-order valence-corrected chi connectivity index (χ0v) is 11.3. The van der Waals surface area contributed by atoms with Crippen LogP contribution in [-0.4, -0.2) is 35.2 Å². The average Bonchev–Trinajstić information content (AvgIpc) is 2.41. The molecule has 19 heavy (non-hydrogen) atoms. The largest absolute Gasteiger partial charge is 0.488 e. The predicted molar refractivity (Wildman–Crippen MR) is 74.6 cm³/mol. The molecule has 1 aromatic rings. The molecular formula is C14H21BFNO2. The van der Waals surface area contributed by atoms with E-state index in [0.717, 1.165) is 0 Å². The summed E-state index contributed by atoms with van der Waals surface area (Å²) in [5.41, 5.74) is 0.805. The van der Waals surface area contributed by atoms with Crippen LogP contribution >= 0.6 is 0 Å².